The first-order valence-electron chi connectivity index (χ1n) is 7.51. The molecule has 1 aliphatic rings. The maximum absolute atomic E-state index is 3.90. The summed E-state index contributed by atoms with van der Waals surface area (Å²) >= 11 is 0. The number of rotatable bonds is 5. The average Bonchev–Trinajstić information content (AvgIpc) is 2.84. The zero-order chi connectivity index (χ0) is 13.0. The van der Waals surface area contributed by atoms with Gasteiger partial charge in [0.05, 0.1) is 0 Å². The fourth-order valence-corrected chi connectivity index (χ4v) is 3.19. The minimum atomic E-state index is 0.506. The van der Waals surface area contributed by atoms with Crippen molar-refractivity contribution in [2.75, 3.05) is 0 Å². The quantitative estimate of drug-likeness (QED) is 0.802. The highest BCUT2D eigenvalue weighted by Crippen LogP contribution is 2.31. The second-order valence-electron chi connectivity index (χ2n) is 6.08. The molecule has 3 atom stereocenters. The molecule has 3 unspecified atom stereocenters. The molecule has 0 bridgehead atoms. The van der Waals surface area contributed by atoms with Crippen LogP contribution in [0.4, 0.5) is 0 Å². The van der Waals surface area contributed by atoms with Crippen LogP contribution in [0.5, 0.6) is 0 Å². The molecule has 0 saturated heterocycles. The SMILES string of the molecule is CCC1CCC(NC(c2ccccc2)C(C)C)C1. The van der Waals surface area contributed by atoms with Crippen LogP contribution in [-0.2, 0) is 0 Å². The fraction of sp³-hybridized carbons (Fsp3) is 0.647. The van der Waals surface area contributed by atoms with E-state index in [1.54, 1.807) is 0 Å². The van der Waals surface area contributed by atoms with Gasteiger partial charge >= 0.3 is 0 Å². The van der Waals surface area contributed by atoms with Crippen molar-refractivity contribution in [3.63, 3.8) is 0 Å². The Kier molecular flexibility index (Phi) is 4.82. The minimum absolute atomic E-state index is 0.506. The van der Waals surface area contributed by atoms with E-state index in [-0.39, 0.29) is 0 Å². The molecular formula is C17H27N. The van der Waals surface area contributed by atoms with Crippen molar-refractivity contribution in [2.45, 2.75) is 58.5 Å². The molecule has 1 aromatic carbocycles. The summed E-state index contributed by atoms with van der Waals surface area (Å²) in [4.78, 5) is 0. The van der Waals surface area contributed by atoms with Gasteiger partial charge in [0.15, 0.2) is 0 Å². The number of hydrogen-bond donors (Lipinski definition) is 1. The largest absolute Gasteiger partial charge is 0.307 e. The van der Waals surface area contributed by atoms with Crippen LogP contribution in [0.15, 0.2) is 30.3 Å². The van der Waals surface area contributed by atoms with Crippen molar-refractivity contribution in [1.29, 1.82) is 0 Å². The Hall–Kier alpha value is -0.820. The van der Waals surface area contributed by atoms with Gasteiger partial charge in [-0.25, -0.2) is 0 Å². The third-order valence-electron chi connectivity index (χ3n) is 4.36. The van der Waals surface area contributed by atoms with E-state index >= 15 is 0 Å². The van der Waals surface area contributed by atoms with Crippen molar-refractivity contribution in [3.05, 3.63) is 35.9 Å². The van der Waals surface area contributed by atoms with E-state index in [2.05, 4.69) is 56.4 Å². The van der Waals surface area contributed by atoms with E-state index in [9.17, 15) is 0 Å². The van der Waals surface area contributed by atoms with Crippen molar-refractivity contribution in [2.24, 2.45) is 11.8 Å². The van der Waals surface area contributed by atoms with Crippen molar-refractivity contribution < 1.29 is 0 Å². The third-order valence-corrected chi connectivity index (χ3v) is 4.36. The van der Waals surface area contributed by atoms with E-state index in [0.717, 1.165) is 12.0 Å². The second kappa shape index (κ2) is 6.38. The van der Waals surface area contributed by atoms with Gasteiger partial charge in [-0.15, -0.1) is 0 Å². The highest BCUT2D eigenvalue weighted by atomic mass is 15.0. The van der Waals surface area contributed by atoms with Gasteiger partial charge in [0.2, 0.25) is 0 Å². The molecule has 0 radical (unpaired) electrons. The molecule has 1 N–H and O–H groups in total. The summed E-state index contributed by atoms with van der Waals surface area (Å²) in [6.45, 7) is 6.96. The van der Waals surface area contributed by atoms with Gasteiger partial charge in [-0.1, -0.05) is 57.5 Å². The van der Waals surface area contributed by atoms with Gasteiger partial charge in [0.1, 0.15) is 0 Å². The first-order chi connectivity index (χ1) is 8.70. The van der Waals surface area contributed by atoms with Crippen LogP contribution in [0.25, 0.3) is 0 Å². The Morgan fingerprint density at radius 3 is 2.44 bits per heavy atom. The van der Waals surface area contributed by atoms with E-state index in [0.29, 0.717) is 12.0 Å². The second-order valence-corrected chi connectivity index (χ2v) is 6.08. The number of nitrogens with one attached hydrogen (secondary N) is 1. The van der Waals surface area contributed by atoms with Crippen molar-refractivity contribution in [3.8, 4) is 0 Å². The molecule has 0 spiro atoms. The molecule has 18 heavy (non-hydrogen) atoms. The van der Waals surface area contributed by atoms with Crippen LogP contribution in [0, 0.1) is 11.8 Å². The normalized spacial score (nSPS) is 25.6. The Bertz CT molecular complexity index is 344. The molecule has 1 aliphatic carbocycles. The lowest BCUT2D eigenvalue weighted by atomic mass is 9.95. The van der Waals surface area contributed by atoms with Gasteiger partial charge < -0.3 is 5.32 Å². The summed E-state index contributed by atoms with van der Waals surface area (Å²) in [5.41, 5.74) is 1.44. The predicted molar refractivity (Wildman–Crippen MR) is 78.6 cm³/mol. The first kappa shape index (κ1) is 13.6. The molecule has 0 heterocycles. The van der Waals surface area contributed by atoms with Crippen LogP contribution in [0.2, 0.25) is 0 Å². The van der Waals surface area contributed by atoms with Crippen molar-refractivity contribution >= 4 is 0 Å². The molecule has 2 rings (SSSR count). The average molecular weight is 245 g/mol. The van der Waals surface area contributed by atoms with Crippen LogP contribution in [0.3, 0.4) is 0 Å². The number of benzene rings is 1. The molecule has 1 saturated carbocycles. The maximum Gasteiger partial charge on any atom is 0.0345 e. The van der Waals surface area contributed by atoms with Crippen LogP contribution < -0.4 is 5.32 Å². The molecule has 1 nitrogen and oxygen atoms in total. The summed E-state index contributed by atoms with van der Waals surface area (Å²) in [7, 11) is 0. The molecule has 100 valence electrons. The van der Waals surface area contributed by atoms with E-state index in [1.165, 1.54) is 31.2 Å². The van der Waals surface area contributed by atoms with Gasteiger partial charge in [-0.05, 0) is 36.7 Å². The highest BCUT2D eigenvalue weighted by molar-refractivity contribution is 5.19. The first-order valence-corrected chi connectivity index (χ1v) is 7.51. The van der Waals surface area contributed by atoms with Gasteiger partial charge in [-0.2, -0.15) is 0 Å². The summed E-state index contributed by atoms with van der Waals surface area (Å²) in [5, 5.41) is 3.90. The molecule has 1 aromatic rings. The van der Waals surface area contributed by atoms with Gasteiger partial charge in [0.25, 0.3) is 0 Å². The van der Waals surface area contributed by atoms with Gasteiger partial charge in [-0.3, -0.25) is 0 Å². The Balaban J connectivity index is 2.00. The van der Waals surface area contributed by atoms with E-state index < -0.39 is 0 Å². The molecule has 1 fully saturated rings. The zero-order valence-electron chi connectivity index (χ0n) is 12.0. The van der Waals surface area contributed by atoms with Gasteiger partial charge in [0, 0.05) is 12.1 Å². The monoisotopic (exact) mass is 245 g/mol. The Morgan fingerprint density at radius 2 is 1.89 bits per heavy atom. The summed E-state index contributed by atoms with van der Waals surface area (Å²) in [5.74, 6) is 1.60. The predicted octanol–water partition coefficient (Wildman–Crippen LogP) is 4.55. The third kappa shape index (κ3) is 3.35. The topological polar surface area (TPSA) is 12.0 Å². The maximum atomic E-state index is 3.90. The summed E-state index contributed by atoms with van der Waals surface area (Å²) < 4.78 is 0. The lowest BCUT2D eigenvalue weighted by molar-refractivity contribution is 0.353. The van der Waals surface area contributed by atoms with E-state index in [4.69, 9.17) is 0 Å². The summed E-state index contributed by atoms with van der Waals surface area (Å²) in [6.07, 6.45) is 5.48. The highest BCUT2D eigenvalue weighted by Gasteiger charge is 2.26. The molecule has 0 aromatic heterocycles. The van der Waals surface area contributed by atoms with E-state index in [1.807, 2.05) is 0 Å². The molecule has 0 amide bonds. The number of hydrogen-bond acceptors (Lipinski definition) is 1. The Morgan fingerprint density at radius 1 is 1.17 bits per heavy atom. The Labute approximate surface area is 112 Å². The lowest BCUT2D eigenvalue weighted by Gasteiger charge is -2.27. The summed E-state index contributed by atoms with van der Waals surface area (Å²) in [6, 6.07) is 12.1. The minimum Gasteiger partial charge on any atom is -0.307 e. The molecular weight excluding hydrogens is 218 g/mol. The van der Waals surface area contributed by atoms with Crippen LogP contribution >= 0.6 is 0 Å². The fourth-order valence-electron chi connectivity index (χ4n) is 3.19. The molecule has 1 heteroatoms. The van der Waals surface area contributed by atoms with Crippen LogP contribution in [0.1, 0.15) is 58.1 Å². The molecule has 0 aliphatic heterocycles. The van der Waals surface area contributed by atoms with Crippen molar-refractivity contribution in [1.82, 2.24) is 5.32 Å². The van der Waals surface area contributed by atoms with Crippen LogP contribution in [-0.4, -0.2) is 6.04 Å². The standard InChI is InChI=1S/C17H27N/c1-4-14-10-11-16(12-14)18-17(13(2)3)15-8-6-5-7-9-15/h5-9,13-14,16-18H,4,10-12H2,1-3H3. The smallest absolute Gasteiger partial charge is 0.0345 e. The zero-order valence-corrected chi connectivity index (χ0v) is 12.0. The lowest BCUT2D eigenvalue weighted by Crippen LogP contribution is -2.33.